The summed E-state index contributed by atoms with van der Waals surface area (Å²) in [6.07, 6.45) is 0. The molecule has 1 rings (SSSR count). The monoisotopic (exact) mass is 295 g/mol. The van der Waals surface area contributed by atoms with Gasteiger partial charge in [0.1, 0.15) is 5.75 Å². The van der Waals surface area contributed by atoms with Gasteiger partial charge < -0.3 is 15.8 Å². The zero-order valence-corrected chi connectivity index (χ0v) is 12.9. The summed E-state index contributed by atoms with van der Waals surface area (Å²) in [6, 6.07) is 7.30. The van der Waals surface area contributed by atoms with Crippen molar-refractivity contribution in [3.8, 4) is 5.75 Å². The zero-order valence-electron chi connectivity index (χ0n) is 12.1. The predicted molar refractivity (Wildman–Crippen MR) is 85.1 cm³/mol. The van der Waals surface area contributed by atoms with Crippen LogP contribution in [0.15, 0.2) is 24.3 Å². The Labute approximate surface area is 125 Å². The number of likely N-dealkylation sites (N-methyl/N-ethyl adjacent to an activating group) is 1. The number of amides is 1. The van der Waals surface area contributed by atoms with E-state index in [-0.39, 0.29) is 18.4 Å². The first-order chi connectivity index (χ1) is 9.43. The van der Waals surface area contributed by atoms with E-state index in [1.807, 2.05) is 31.0 Å². The van der Waals surface area contributed by atoms with Crippen molar-refractivity contribution in [2.75, 3.05) is 32.6 Å². The number of para-hydroxylation sites is 2. The van der Waals surface area contributed by atoms with Crippen LogP contribution < -0.4 is 15.8 Å². The highest BCUT2D eigenvalue weighted by Gasteiger charge is 2.13. The second kappa shape index (κ2) is 7.81. The number of nitrogens with zero attached hydrogens (tertiary/aromatic N) is 1. The van der Waals surface area contributed by atoms with E-state index in [1.165, 1.54) is 0 Å². The lowest BCUT2D eigenvalue weighted by molar-refractivity contribution is -0.117. The van der Waals surface area contributed by atoms with Gasteiger partial charge in [0.05, 0.1) is 24.3 Å². The average molecular weight is 295 g/mol. The highest BCUT2D eigenvalue weighted by Crippen LogP contribution is 2.22. The van der Waals surface area contributed by atoms with Crippen molar-refractivity contribution in [2.45, 2.75) is 6.92 Å². The number of thiocarbonyl (C=S) groups is 1. The molecule has 6 heteroatoms. The molecule has 0 aliphatic heterocycles. The van der Waals surface area contributed by atoms with Gasteiger partial charge in [0.15, 0.2) is 0 Å². The SMILES string of the molecule is COc1ccccc1NC(=O)CN(C)CC(C)C(N)=S. The summed E-state index contributed by atoms with van der Waals surface area (Å²) in [6.45, 7) is 2.86. The summed E-state index contributed by atoms with van der Waals surface area (Å²) in [5, 5.41) is 2.83. The van der Waals surface area contributed by atoms with Crippen LogP contribution in [0.1, 0.15) is 6.92 Å². The second-order valence-corrected chi connectivity index (χ2v) is 5.22. The third kappa shape index (κ3) is 5.14. The first-order valence-electron chi connectivity index (χ1n) is 6.34. The fraction of sp³-hybridized carbons (Fsp3) is 0.429. The van der Waals surface area contributed by atoms with Gasteiger partial charge in [-0.05, 0) is 19.2 Å². The Morgan fingerprint density at radius 1 is 1.50 bits per heavy atom. The lowest BCUT2D eigenvalue weighted by Gasteiger charge is -2.20. The first-order valence-corrected chi connectivity index (χ1v) is 6.75. The molecule has 0 bridgehead atoms. The Kier molecular flexibility index (Phi) is 6.41. The number of methoxy groups -OCH3 is 1. The largest absolute Gasteiger partial charge is 0.495 e. The van der Waals surface area contributed by atoms with Crippen LogP contribution in [-0.4, -0.2) is 43.0 Å². The van der Waals surface area contributed by atoms with Crippen LogP contribution >= 0.6 is 12.2 Å². The number of rotatable bonds is 7. The fourth-order valence-corrected chi connectivity index (χ4v) is 1.88. The minimum absolute atomic E-state index is 0.0778. The van der Waals surface area contributed by atoms with Crippen LogP contribution in [0, 0.1) is 5.92 Å². The molecular formula is C14H21N3O2S. The smallest absolute Gasteiger partial charge is 0.238 e. The number of hydrogen-bond acceptors (Lipinski definition) is 4. The molecule has 1 atom stereocenters. The highest BCUT2D eigenvalue weighted by atomic mass is 32.1. The molecule has 0 heterocycles. The molecular weight excluding hydrogens is 274 g/mol. The van der Waals surface area contributed by atoms with Gasteiger partial charge in [-0.1, -0.05) is 31.3 Å². The van der Waals surface area contributed by atoms with E-state index < -0.39 is 0 Å². The molecule has 0 spiro atoms. The van der Waals surface area contributed by atoms with Crippen molar-refractivity contribution < 1.29 is 9.53 Å². The Balaban J connectivity index is 2.53. The van der Waals surface area contributed by atoms with Gasteiger partial charge in [0.25, 0.3) is 0 Å². The van der Waals surface area contributed by atoms with Crippen molar-refractivity contribution in [1.29, 1.82) is 0 Å². The molecule has 20 heavy (non-hydrogen) atoms. The number of nitrogens with two attached hydrogens (primary N) is 1. The highest BCUT2D eigenvalue weighted by molar-refractivity contribution is 7.80. The van der Waals surface area contributed by atoms with Crippen molar-refractivity contribution in [3.63, 3.8) is 0 Å². The van der Waals surface area contributed by atoms with Crippen molar-refractivity contribution in [1.82, 2.24) is 4.90 Å². The standard InChI is InChI=1S/C14H21N3O2S/c1-10(14(15)20)8-17(2)9-13(18)16-11-6-4-5-7-12(11)19-3/h4-7,10H,8-9H2,1-3H3,(H2,15,20)(H,16,18). The molecule has 0 aliphatic rings. The van der Waals surface area contributed by atoms with Crippen LogP contribution in [0.25, 0.3) is 0 Å². The quantitative estimate of drug-likeness (QED) is 0.746. The molecule has 1 aromatic carbocycles. The van der Waals surface area contributed by atoms with Crippen LogP contribution in [0.3, 0.4) is 0 Å². The molecule has 0 saturated heterocycles. The maximum Gasteiger partial charge on any atom is 0.238 e. The van der Waals surface area contributed by atoms with Crippen molar-refractivity contribution in [2.24, 2.45) is 11.7 Å². The maximum atomic E-state index is 12.0. The van der Waals surface area contributed by atoms with Gasteiger partial charge >= 0.3 is 0 Å². The van der Waals surface area contributed by atoms with Gasteiger partial charge in [0.2, 0.25) is 5.91 Å². The van der Waals surface area contributed by atoms with E-state index in [9.17, 15) is 4.79 Å². The second-order valence-electron chi connectivity index (χ2n) is 4.75. The number of ether oxygens (including phenoxy) is 1. The third-order valence-corrected chi connectivity index (χ3v) is 3.27. The Morgan fingerprint density at radius 3 is 2.75 bits per heavy atom. The van der Waals surface area contributed by atoms with Crippen LogP contribution in [0.4, 0.5) is 5.69 Å². The molecule has 0 aliphatic carbocycles. The van der Waals surface area contributed by atoms with Crippen LogP contribution in [-0.2, 0) is 4.79 Å². The first kappa shape index (κ1) is 16.4. The normalized spacial score (nSPS) is 12.0. The van der Waals surface area contributed by atoms with Crippen molar-refractivity contribution >= 4 is 28.8 Å². The average Bonchev–Trinajstić information content (AvgIpc) is 2.38. The molecule has 110 valence electrons. The molecule has 0 radical (unpaired) electrons. The number of benzene rings is 1. The van der Waals surface area contributed by atoms with E-state index in [0.717, 1.165) is 0 Å². The summed E-state index contributed by atoms with van der Waals surface area (Å²) in [5.41, 5.74) is 6.23. The minimum Gasteiger partial charge on any atom is -0.495 e. The summed E-state index contributed by atoms with van der Waals surface area (Å²) in [7, 11) is 3.43. The number of anilines is 1. The molecule has 0 fully saturated rings. The van der Waals surface area contributed by atoms with Gasteiger partial charge in [-0.25, -0.2) is 0 Å². The van der Waals surface area contributed by atoms with Crippen LogP contribution in [0.5, 0.6) is 5.75 Å². The molecule has 5 nitrogen and oxygen atoms in total. The predicted octanol–water partition coefficient (Wildman–Crippen LogP) is 1.49. The van der Waals surface area contributed by atoms with E-state index in [1.54, 1.807) is 19.2 Å². The molecule has 0 aromatic heterocycles. The van der Waals surface area contributed by atoms with E-state index in [4.69, 9.17) is 22.7 Å². The lowest BCUT2D eigenvalue weighted by atomic mass is 10.2. The van der Waals surface area contributed by atoms with Gasteiger partial charge in [0, 0.05) is 12.5 Å². The molecule has 0 saturated carbocycles. The summed E-state index contributed by atoms with van der Waals surface area (Å²) < 4.78 is 5.19. The van der Waals surface area contributed by atoms with E-state index >= 15 is 0 Å². The number of hydrogen-bond donors (Lipinski definition) is 2. The summed E-state index contributed by atoms with van der Waals surface area (Å²) >= 11 is 4.92. The summed E-state index contributed by atoms with van der Waals surface area (Å²) in [4.78, 5) is 14.3. The van der Waals surface area contributed by atoms with Crippen LogP contribution in [0.2, 0.25) is 0 Å². The number of nitrogens with one attached hydrogen (secondary N) is 1. The van der Waals surface area contributed by atoms with Gasteiger partial charge in [-0.15, -0.1) is 0 Å². The Morgan fingerprint density at radius 2 is 2.15 bits per heavy atom. The topological polar surface area (TPSA) is 67.6 Å². The zero-order chi connectivity index (χ0) is 15.1. The Bertz CT molecular complexity index is 479. The van der Waals surface area contributed by atoms with E-state index in [2.05, 4.69) is 5.32 Å². The maximum absolute atomic E-state index is 12.0. The lowest BCUT2D eigenvalue weighted by Crippen LogP contribution is -2.36. The molecule has 1 unspecified atom stereocenters. The summed E-state index contributed by atoms with van der Waals surface area (Å²) in [5.74, 6) is 0.612. The number of carbonyl (C=O) groups excluding carboxylic acids is 1. The number of carbonyl (C=O) groups is 1. The Hall–Kier alpha value is -1.66. The van der Waals surface area contributed by atoms with Gasteiger partial charge in [-0.2, -0.15) is 0 Å². The van der Waals surface area contributed by atoms with E-state index in [0.29, 0.717) is 23.0 Å². The third-order valence-electron chi connectivity index (χ3n) is 2.87. The van der Waals surface area contributed by atoms with Gasteiger partial charge in [-0.3, -0.25) is 9.69 Å². The molecule has 1 aromatic rings. The van der Waals surface area contributed by atoms with Crippen molar-refractivity contribution in [3.05, 3.63) is 24.3 Å². The molecule has 1 amide bonds. The fourth-order valence-electron chi connectivity index (χ4n) is 1.80. The minimum atomic E-state index is -0.105. The molecule has 3 N–H and O–H groups in total.